The Hall–Kier alpha value is -6.55. The summed E-state index contributed by atoms with van der Waals surface area (Å²) in [7, 11) is 0. The van der Waals surface area contributed by atoms with Crippen molar-refractivity contribution in [1.82, 2.24) is 20.4 Å². The maximum Gasteiger partial charge on any atom is 0.373 e. The quantitative estimate of drug-likeness (QED) is 0.0359. The number of hydrogen-bond donors (Lipinski definition) is 7. The fraction of sp³-hybridized carbons (Fsp3) is 0.222. The Kier molecular flexibility index (Phi) is 14.4. The number of carbonyl (C=O) groups excluding carboxylic acids is 1. The average Bonchev–Trinajstić information content (AvgIpc) is 3.84. The number of amidine groups is 1. The molecule has 0 aliphatic carbocycles. The Morgan fingerprint density at radius 2 is 1.37 bits per heavy atom. The van der Waals surface area contributed by atoms with Gasteiger partial charge in [-0.3, -0.25) is 20.2 Å². The summed E-state index contributed by atoms with van der Waals surface area (Å²) in [6, 6.07) is 40.5. The summed E-state index contributed by atoms with van der Waals surface area (Å²) in [5.41, 5.74) is 3.75. The smallest absolute Gasteiger partial charge is 0.373 e. The van der Waals surface area contributed by atoms with Gasteiger partial charge in [-0.1, -0.05) is 78.9 Å². The number of ether oxygens (including phenoxy) is 2. The molecule has 7 N–H and O–H groups in total. The molecule has 14 heteroatoms. The Morgan fingerprint density at radius 1 is 0.831 bits per heavy atom. The van der Waals surface area contributed by atoms with E-state index < -0.39 is 36.0 Å². The SMILES string of the molecule is C[C@H](O)[C@@H]1ON(Cc2ccc(Oc3ccccc3)cc2)[C@H](C(=O)NCCc2c[nH]c3ccccc23)[C@@H]1CO.N=C(C(=O)O)N(O)Cc1ccc(Oc2ccccc2)cc1. The first-order valence-electron chi connectivity index (χ1n) is 19.1. The van der Waals surface area contributed by atoms with Gasteiger partial charge in [0.25, 0.3) is 0 Å². The number of rotatable bonds is 14. The third kappa shape index (κ3) is 11.3. The van der Waals surface area contributed by atoms with Crippen LogP contribution in [0, 0.1) is 11.3 Å². The normalized spacial score (nSPS) is 16.7. The van der Waals surface area contributed by atoms with Crippen LogP contribution in [0.3, 0.4) is 0 Å². The molecule has 0 bridgehead atoms. The van der Waals surface area contributed by atoms with Gasteiger partial charge in [0.15, 0.2) is 0 Å². The number of aromatic nitrogens is 1. The van der Waals surface area contributed by atoms with Crippen LogP contribution in [0.25, 0.3) is 10.9 Å². The lowest BCUT2D eigenvalue weighted by molar-refractivity contribution is -0.192. The van der Waals surface area contributed by atoms with Gasteiger partial charge >= 0.3 is 5.97 Å². The summed E-state index contributed by atoms with van der Waals surface area (Å²) in [6.07, 6.45) is 1.09. The lowest BCUT2D eigenvalue weighted by atomic mass is 9.92. The largest absolute Gasteiger partial charge is 0.475 e. The number of amides is 1. The Morgan fingerprint density at radius 3 is 1.93 bits per heavy atom. The maximum absolute atomic E-state index is 13.4. The van der Waals surface area contributed by atoms with Gasteiger partial charge in [0.1, 0.15) is 35.1 Å². The van der Waals surface area contributed by atoms with Crippen molar-refractivity contribution in [2.24, 2.45) is 5.92 Å². The molecule has 1 aromatic heterocycles. The molecule has 4 atom stereocenters. The number of nitrogens with zero attached hydrogens (tertiary/aromatic N) is 2. The number of aliphatic carboxylic acids is 1. The van der Waals surface area contributed by atoms with Crippen molar-refractivity contribution in [3.05, 3.63) is 156 Å². The second kappa shape index (κ2) is 20.2. The minimum absolute atomic E-state index is 0.0866. The highest BCUT2D eigenvalue weighted by Gasteiger charge is 2.48. The summed E-state index contributed by atoms with van der Waals surface area (Å²) in [5.74, 6) is -0.382. The second-order valence-electron chi connectivity index (χ2n) is 13.9. The predicted molar refractivity (Wildman–Crippen MR) is 220 cm³/mol. The standard InChI is InChI=1S/C30H33N3O5.C15H14N2O4/c1-20(35)29-26(19-34)28(30(36)31-16-15-22-17-32-27-10-6-5-9-25(22)27)33(38-29)18-21-11-13-24(14-12-21)37-23-7-3-2-4-8-23;16-14(15(18)19)17(20)10-11-6-8-13(9-7-11)21-12-4-2-1-3-5-12/h2-14,17,20,26,28-29,32,34-35H,15-16,18-19H2,1H3,(H,31,36);1-9,16,20H,10H2,(H,18,19)/t20-,26-,28-,29-;/m0./s1. The highest BCUT2D eigenvalue weighted by Crippen LogP contribution is 2.32. The number of nitrogens with one attached hydrogen (secondary N) is 3. The fourth-order valence-corrected chi connectivity index (χ4v) is 6.68. The van der Waals surface area contributed by atoms with E-state index in [9.17, 15) is 25.0 Å². The number of carbonyl (C=O) groups is 2. The van der Waals surface area contributed by atoms with E-state index in [1.54, 1.807) is 36.3 Å². The topological polar surface area (TPSA) is 201 Å². The number of para-hydroxylation sites is 3. The number of hydroxylamine groups is 4. The molecule has 0 spiro atoms. The highest BCUT2D eigenvalue weighted by molar-refractivity contribution is 6.32. The summed E-state index contributed by atoms with van der Waals surface area (Å²) < 4.78 is 11.5. The van der Waals surface area contributed by atoms with E-state index in [2.05, 4.69) is 16.4 Å². The van der Waals surface area contributed by atoms with Gasteiger partial charge in [-0.25, -0.2) is 9.86 Å². The number of fused-ring (bicyclic) bond motifs is 1. The van der Waals surface area contributed by atoms with Crippen molar-refractivity contribution >= 4 is 28.6 Å². The van der Waals surface area contributed by atoms with Crippen molar-refractivity contribution in [3.8, 4) is 23.0 Å². The first kappa shape index (κ1) is 42.1. The van der Waals surface area contributed by atoms with Gasteiger partial charge < -0.3 is 35.1 Å². The van der Waals surface area contributed by atoms with Crippen molar-refractivity contribution in [1.29, 1.82) is 5.41 Å². The Bertz CT molecular complexity index is 2270. The fourth-order valence-electron chi connectivity index (χ4n) is 6.68. The predicted octanol–water partition coefficient (Wildman–Crippen LogP) is 6.52. The van der Waals surface area contributed by atoms with Crippen molar-refractivity contribution in [3.63, 3.8) is 0 Å². The molecule has 1 aliphatic heterocycles. The number of aliphatic hydroxyl groups is 2. The molecule has 1 aliphatic rings. The lowest BCUT2D eigenvalue weighted by Crippen LogP contribution is -2.48. The highest BCUT2D eigenvalue weighted by atomic mass is 16.7. The van der Waals surface area contributed by atoms with E-state index >= 15 is 0 Å². The van der Waals surface area contributed by atoms with Gasteiger partial charge in [-0.05, 0) is 84.6 Å². The van der Waals surface area contributed by atoms with Crippen molar-refractivity contribution in [2.45, 2.75) is 44.7 Å². The molecule has 7 rings (SSSR count). The van der Waals surface area contributed by atoms with E-state index in [0.29, 0.717) is 47.4 Å². The lowest BCUT2D eigenvalue weighted by Gasteiger charge is -2.24. The molecule has 59 heavy (non-hydrogen) atoms. The van der Waals surface area contributed by atoms with Crippen LogP contribution in [0.1, 0.15) is 23.6 Å². The zero-order valence-corrected chi connectivity index (χ0v) is 32.3. The molecule has 0 radical (unpaired) electrons. The van der Waals surface area contributed by atoms with Crippen LogP contribution in [0.4, 0.5) is 0 Å². The van der Waals surface area contributed by atoms with Crippen LogP contribution in [0.2, 0.25) is 0 Å². The molecular weight excluding hydrogens is 755 g/mol. The molecule has 1 fully saturated rings. The molecule has 1 amide bonds. The van der Waals surface area contributed by atoms with E-state index in [1.807, 2.05) is 109 Å². The summed E-state index contributed by atoms with van der Waals surface area (Å²) in [5, 5.41) is 51.7. The molecule has 0 unspecified atom stereocenters. The maximum atomic E-state index is 13.4. The first-order valence-corrected chi connectivity index (χ1v) is 19.1. The van der Waals surface area contributed by atoms with Crippen LogP contribution in [-0.2, 0) is 33.9 Å². The summed E-state index contributed by atoms with van der Waals surface area (Å²) in [4.78, 5) is 33.2. The van der Waals surface area contributed by atoms with Crippen LogP contribution >= 0.6 is 0 Å². The second-order valence-corrected chi connectivity index (χ2v) is 13.9. The average molecular weight is 802 g/mol. The number of benzene rings is 5. The Labute approximate surface area is 341 Å². The minimum atomic E-state index is -1.48. The molecule has 0 saturated carbocycles. The van der Waals surface area contributed by atoms with Crippen molar-refractivity contribution in [2.75, 3.05) is 13.2 Å². The third-order valence-corrected chi connectivity index (χ3v) is 9.65. The number of hydrogen-bond acceptors (Lipinski definition) is 10. The van der Waals surface area contributed by atoms with Crippen LogP contribution in [-0.4, -0.2) is 84.8 Å². The van der Waals surface area contributed by atoms with Gasteiger partial charge in [0, 0.05) is 29.6 Å². The molecule has 306 valence electrons. The Balaban J connectivity index is 0.000000236. The van der Waals surface area contributed by atoms with Crippen molar-refractivity contribution < 1.29 is 44.4 Å². The van der Waals surface area contributed by atoms with Crippen LogP contribution < -0.4 is 14.8 Å². The first-order chi connectivity index (χ1) is 28.6. The van der Waals surface area contributed by atoms with E-state index in [4.69, 9.17) is 24.8 Å². The van der Waals surface area contributed by atoms with Gasteiger partial charge in [0.05, 0.1) is 25.8 Å². The van der Waals surface area contributed by atoms with Gasteiger partial charge in [-0.2, -0.15) is 5.06 Å². The zero-order chi connectivity index (χ0) is 41.7. The third-order valence-electron chi connectivity index (χ3n) is 9.65. The number of aromatic amines is 1. The van der Waals surface area contributed by atoms with Crippen LogP contribution in [0.15, 0.2) is 140 Å². The number of carboxylic acids is 1. The molecule has 2 heterocycles. The summed E-state index contributed by atoms with van der Waals surface area (Å²) >= 11 is 0. The minimum Gasteiger partial charge on any atom is -0.475 e. The number of carboxylic acid groups (broad SMARTS) is 1. The van der Waals surface area contributed by atoms with E-state index in [0.717, 1.165) is 27.8 Å². The molecule has 5 aromatic carbocycles. The zero-order valence-electron chi connectivity index (χ0n) is 32.3. The van der Waals surface area contributed by atoms with E-state index in [1.165, 1.54) is 0 Å². The summed E-state index contributed by atoms with van der Waals surface area (Å²) in [6.45, 7) is 1.99. The van der Waals surface area contributed by atoms with Gasteiger partial charge in [0.2, 0.25) is 11.7 Å². The molecular formula is C45H47N5O9. The number of aliphatic hydroxyl groups excluding tert-OH is 2. The molecule has 14 nitrogen and oxygen atoms in total. The van der Waals surface area contributed by atoms with Crippen LogP contribution in [0.5, 0.6) is 23.0 Å². The van der Waals surface area contributed by atoms with Gasteiger partial charge in [-0.15, -0.1) is 0 Å². The molecule has 6 aromatic rings. The molecule has 1 saturated heterocycles. The van der Waals surface area contributed by atoms with E-state index in [-0.39, 0.29) is 19.1 Å². The monoisotopic (exact) mass is 801 g/mol. The number of H-pyrrole nitrogens is 1.